The van der Waals surface area contributed by atoms with E-state index in [0.717, 1.165) is 21.2 Å². The van der Waals surface area contributed by atoms with E-state index in [9.17, 15) is 14.4 Å². The second kappa shape index (κ2) is 10.2. The van der Waals surface area contributed by atoms with E-state index < -0.39 is 17.8 Å². The lowest BCUT2D eigenvalue weighted by Gasteiger charge is -2.26. The van der Waals surface area contributed by atoms with Crippen LogP contribution in [0, 0.1) is 0 Å². The van der Waals surface area contributed by atoms with Crippen molar-refractivity contribution in [2.75, 3.05) is 12.0 Å². The first-order chi connectivity index (χ1) is 18.0. The fraction of sp³-hybridized carbons (Fsp3) is 0.0690. The summed E-state index contributed by atoms with van der Waals surface area (Å²) >= 11 is 6.55. The standard InChI is InChI=1S/C29H21ClN2O5/c1-36-25-16-18(14-23-27(33)31-29(35)32(28(23)34)21-11-3-2-4-12-21)15-24(30)26(25)37-17-20-10-7-9-19-8-5-6-13-22(19)20/h2-16H,17H2,1H3,(H,31,33,35)/b23-14+. The predicted molar refractivity (Wildman–Crippen MR) is 142 cm³/mol. The molecule has 0 radical (unpaired) electrons. The molecule has 7 nitrogen and oxygen atoms in total. The number of para-hydroxylation sites is 1. The summed E-state index contributed by atoms with van der Waals surface area (Å²) in [6, 6.07) is 24.7. The zero-order valence-electron chi connectivity index (χ0n) is 19.7. The molecule has 4 amide bonds. The van der Waals surface area contributed by atoms with E-state index in [0.29, 0.717) is 22.7 Å². The second-order valence-electron chi connectivity index (χ2n) is 8.25. The van der Waals surface area contributed by atoms with Crippen molar-refractivity contribution in [2.24, 2.45) is 0 Å². The van der Waals surface area contributed by atoms with E-state index in [-0.39, 0.29) is 17.2 Å². The van der Waals surface area contributed by atoms with E-state index in [2.05, 4.69) is 5.32 Å². The van der Waals surface area contributed by atoms with Crippen molar-refractivity contribution < 1.29 is 23.9 Å². The Kier molecular flexibility index (Phi) is 6.62. The number of benzene rings is 4. The van der Waals surface area contributed by atoms with E-state index >= 15 is 0 Å². The molecule has 184 valence electrons. The molecule has 0 aromatic heterocycles. The normalized spacial score (nSPS) is 14.7. The number of fused-ring (bicyclic) bond motifs is 1. The van der Waals surface area contributed by atoms with Gasteiger partial charge in [-0.25, -0.2) is 9.69 Å². The molecule has 1 aliphatic rings. The van der Waals surface area contributed by atoms with Crippen molar-refractivity contribution in [3.05, 3.63) is 107 Å². The number of methoxy groups -OCH3 is 1. The van der Waals surface area contributed by atoms with Crippen molar-refractivity contribution in [3.8, 4) is 11.5 Å². The third-order valence-electron chi connectivity index (χ3n) is 5.93. The smallest absolute Gasteiger partial charge is 0.335 e. The molecule has 8 heteroatoms. The molecule has 5 rings (SSSR count). The number of nitrogens with one attached hydrogen (secondary N) is 1. The van der Waals surface area contributed by atoms with Crippen LogP contribution in [0.4, 0.5) is 10.5 Å². The first-order valence-corrected chi connectivity index (χ1v) is 11.8. The highest BCUT2D eigenvalue weighted by atomic mass is 35.5. The Balaban J connectivity index is 1.44. The quantitative estimate of drug-likeness (QED) is 0.263. The summed E-state index contributed by atoms with van der Waals surface area (Å²) in [6.45, 7) is 0.257. The number of rotatable bonds is 6. The van der Waals surface area contributed by atoms with Crippen LogP contribution < -0.4 is 19.7 Å². The van der Waals surface area contributed by atoms with E-state index in [4.69, 9.17) is 21.1 Å². The van der Waals surface area contributed by atoms with Gasteiger partial charge in [0.15, 0.2) is 11.5 Å². The van der Waals surface area contributed by atoms with E-state index in [1.807, 2.05) is 42.5 Å². The summed E-state index contributed by atoms with van der Waals surface area (Å²) in [5.74, 6) is -0.876. The van der Waals surface area contributed by atoms with E-state index in [1.165, 1.54) is 13.2 Å². The molecule has 0 spiro atoms. The van der Waals surface area contributed by atoms with Crippen LogP contribution in [-0.4, -0.2) is 25.0 Å². The zero-order chi connectivity index (χ0) is 25.9. The first kappa shape index (κ1) is 24.1. The molecular formula is C29H21ClN2O5. The Labute approximate surface area is 217 Å². The Hall–Kier alpha value is -4.62. The highest BCUT2D eigenvalue weighted by Gasteiger charge is 2.36. The number of amides is 4. The number of halogens is 1. The number of carbonyl (C=O) groups is 3. The fourth-order valence-electron chi connectivity index (χ4n) is 4.17. The molecular weight excluding hydrogens is 492 g/mol. The van der Waals surface area contributed by atoms with Gasteiger partial charge in [-0.05, 0) is 52.2 Å². The fourth-order valence-corrected chi connectivity index (χ4v) is 4.44. The lowest BCUT2D eigenvalue weighted by Crippen LogP contribution is -2.54. The van der Waals surface area contributed by atoms with Crippen LogP contribution >= 0.6 is 11.6 Å². The highest BCUT2D eigenvalue weighted by Crippen LogP contribution is 2.38. The predicted octanol–water partition coefficient (Wildman–Crippen LogP) is 5.75. The van der Waals surface area contributed by atoms with Crippen molar-refractivity contribution >= 4 is 52.0 Å². The maximum absolute atomic E-state index is 13.1. The minimum atomic E-state index is -0.814. The van der Waals surface area contributed by atoms with Gasteiger partial charge >= 0.3 is 6.03 Å². The number of ether oxygens (including phenoxy) is 2. The molecule has 1 fully saturated rings. The van der Waals surface area contributed by atoms with Crippen molar-refractivity contribution in [1.82, 2.24) is 5.32 Å². The van der Waals surface area contributed by atoms with Crippen LogP contribution in [0.15, 0.2) is 90.5 Å². The van der Waals surface area contributed by atoms with Crippen molar-refractivity contribution in [2.45, 2.75) is 6.61 Å². The SMILES string of the molecule is COc1cc(/C=C2\C(=O)NC(=O)N(c3ccccc3)C2=O)cc(Cl)c1OCc1cccc2ccccc12. The van der Waals surface area contributed by atoms with Gasteiger partial charge in [-0.15, -0.1) is 0 Å². The van der Waals surface area contributed by atoms with Gasteiger partial charge in [-0.1, -0.05) is 72.3 Å². The zero-order valence-corrected chi connectivity index (χ0v) is 20.5. The number of nitrogens with zero attached hydrogens (tertiary/aromatic N) is 1. The third-order valence-corrected chi connectivity index (χ3v) is 6.21. The summed E-state index contributed by atoms with van der Waals surface area (Å²) in [5, 5.41) is 4.62. The van der Waals surface area contributed by atoms with Crippen LogP contribution in [0.5, 0.6) is 11.5 Å². The average Bonchev–Trinajstić information content (AvgIpc) is 2.90. The topological polar surface area (TPSA) is 84.9 Å². The monoisotopic (exact) mass is 512 g/mol. The summed E-state index contributed by atoms with van der Waals surface area (Å²) < 4.78 is 11.6. The van der Waals surface area contributed by atoms with Gasteiger partial charge in [0.1, 0.15) is 12.2 Å². The largest absolute Gasteiger partial charge is 0.493 e. The average molecular weight is 513 g/mol. The Morgan fingerprint density at radius 1 is 0.919 bits per heavy atom. The van der Waals surface area contributed by atoms with Gasteiger partial charge in [0.25, 0.3) is 11.8 Å². The molecule has 1 aliphatic heterocycles. The Morgan fingerprint density at radius 2 is 1.65 bits per heavy atom. The first-order valence-electron chi connectivity index (χ1n) is 11.4. The highest BCUT2D eigenvalue weighted by molar-refractivity contribution is 6.39. The van der Waals surface area contributed by atoms with E-state index in [1.54, 1.807) is 42.5 Å². The number of urea groups is 1. The lowest BCUT2D eigenvalue weighted by molar-refractivity contribution is -0.122. The molecule has 4 aromatic rings. The number of hydrogen-bond acceptors (Lipinski definition) is 5. The van der Waals surface area contributed by atoms with Gasteiger partial charge < -0.3 is 9.47 Å². The molecule has 1 N–H and O–H groups in total. The van der Waals surface area contributed by atoms with Gasteiger partial charge in [-0.2, -0.15) is 0 Å². The van der Waals surface area contributed by atoms with Gasteiger partial charge in [0.2, 0.25) is 0 Å². The van der Waals surface area contributed by atoms with Crippen LogP contribution in [0.25, 0.3) is 16.8 Å². The van der Waals surface area contributed by atoms with Crippen molar-refractivity contribution in [3.63, 3.8) is 0 Å². The number of hydrogen-bond donors (Lipinski definition) is 1. The van der Waals surface area contributed by atoms with Gasteiger partial charge in [0, 0.05) is 0 Å². The molecule has 0 atom stereocenters. The summed E-state index contributed by atoms with van der Waals surface area (Å²) in [4.78, 5) is 38.9. The third kappa shape index (κ3) is 4.77. The maximum atomic E-state index is 13.1. The van der Waals surface area contributed by atoms with Crippen molar-refractivity contribution in [1.29, 1.82) is 0 Å². The number of barbiturate groups is 1. The molecule has 0 saturated carbocycles. The van der Waals surface area contributed by atoms with Crippen LogP contribution in [0.2, 0.25) is 5.02 Å². The Morgan fingerprint density at radius 3 is 2.43 bits per heavy atom. The van der Waals surface area contributed by atoms with Crippen LogP contribution in [-0.2, 0) is 16.2 Å². The number of anilines is 1. The summed E-state index contributed by atoms with van der Waals surface area (Å²) in [5.41, 5.74) is 1.54. The Bertz CT molecular complexity index is 1560. The molecule has 4 aromatic carbocycles. The number of imide groups is 2. The minimum Gasteiger partial charge on any atom is -0.493 e. The van der Waals surface area contributed by atoms with Crippen LogP contribution in [0.3, 0.4) is 0 Å². The second-order valence-corrected chi connectivity index (χ2v) is 8.66. The molecule has 1 saturated heterocycles. The minimum absolute atomic E-state index is 0.217. The van der Waals surface area contributed by atoms with Crippen LogP contribution in [0.1, 0.15) is 11.1 Å². The molecule has 0 bridgehead atoms. The van der Waals surface area contributed by atoms with Gasteiger partial charge in [-0.3, -0.25) is 14.9 Å². The molecule has 1 heterocycles. The summed E-state index contributed by atoms with van der Waals surface area (Å²) in [7, 11) is 1.47. The molecule has 0 aliphatic carbocycles. The number of carbonyl (C=O) groups excluding carboxylic acids is 3. The molecule has 0 unspecified atom stereocenters. The lowest BCUT2D eigenvalue weighted by atomic mass is 10.1. The molecule has 37 heavy (non-hydrogen) atoms. The summed E-state index contributed by atoms with van der Waals surface area (Å²) in [6.07, 6.45) is 1.36. The maximum Gasteiger partial charge on any atom is 0.335 e. The van der Waals surface area contributed by atoms with Gasteiger partial charge in [0.05, 0.1) is 17.8 Å².